The maximum absolute atomic E-state index is 13.2. The van der Waals surface area contributed by atoms with Gasteiger partial charge in [0.15, 0.2) is 6.61 Å². The van der Waals surface area contributed by atoms with Crippen molar-refractivity contribution in [3.63, 3.8) is 0 Å². The maximum Gasteiger partial charge on any atom is 0.354 e. The molecular weight excluding hydrogens is 398 g/mol. The van der Waals surface area contributed by atoms with Crippen LogP contribution in [0.25, 0.3) is 0 Å². The van der Waals surface area contributed by atoms with Gasteiger partial charge in [-0.05, 0) is 30.4 Å². The monoisotopic (exact) mass is 427 g/mol. The molecule has 1 N–H and O–H groups in total. The normalized spacial score (nSPS) is 30.0. The third kappa shape index (κ3) is 3.38. The molecule has 0 bridgehead atoms. The molecule has 2 aliphatic heterocycles. The van der Waals surface area contributed by atoms with Gasteiger partial charge < -0.3 is 15.0 Å². The lowest BCUT2D eigenvalue weighted by Gasteiger charge is -2.46. The van der Waals surface area contributed by atoms with E-state index in [2.05, 4.69) is 19.2 Å². The van der Waals surface area contributed by atoms with Gasteiger partial charge in [0.1, 0.15) is 0 Å². The Hall–Kier alpha value is -2.90. The molecule has 4 rings (SSSR count). The van der Waals surface area contributed by atoms with Gasteiger partial charge >= 0.3 is 5.97 Å². The van der Waals surface area contributed by atoms with Crippen LogP contribution in [0.3, 0.4) is 0 Å². The van der Waals surface area contributed by atoms with Gasteiger partial charge in [-0.25, -0.2) is 4.79 Å². The lowest BCUT2D eigenvalue weighted by molar-refractivity contribution is -0.159. The second kappa shape index (κ2) is 7.98. The highest BCUT2D eigenvalue weighted by Crippen LogP contribution is 2.44. The van der Waals surface area contributed by atoms with Gasteiger partial charge in [-0.1, -0.05) is 38.8 Å². The van der Waals surface area contributed by atoms with Crippen molar-refractivity contribution in [2.75, 3.05) is 18.6 Å². The summed E-state index contributed by atoms with van der Waals surface area (Å²) in [7, 11) is 1.50. The van der Waals surface area contributed by atoms with E-state index < -0.39 is 18.2 Å². The minimum atomic E-state index is -1.56. The Morgan fingerprint density at radius 3 is 2.71 bits per heavy atom. The number of ether oxygens (including phenoxy) is 1. The van der Waals surface area contributed by atoms with Crippen LogP contribution in [0.1, 0.15) is 56.3 Å². The van der Waals surface area contributed by atoms with Crippen LogP contribution in [0, 0.1) is 11.8 Å². The van der Waals surface area contributed by atoms with Crippen molar-refractivity contribution in [2.45, 2.75) is 57.7 Å². The zero-order valence-electron chi connectivity index (χ0n) is 18.2. The van der Waals surface area contributed by atoms with Crippen molar-refractivity contribution >= 4 is 29.4 Å². The highest BCUT2D eigenvalue weighted by Gasteiger charge is 2.60. The van der Waals surface area contributed by atoms with Crippen molar-refractivity contribution < 1.29 is 23.9 Å². The van der Waals surface area contributed by atoms with Gasteiger partial charge in [0.2, 0.25) is 11.6 Å². The Morgan fingerprint density at radius 2 is 1.94 bits per heavy atom. The van der Waals surface area contributed by atoms with Crippen molar-refractivity contribution in [3.05, 3.63) is 29.8 Å². The largest absolute Gasteiger partial charge is 0.452 e. The second-order valence-corrected chi connectivity index (χ2v) is 8.94. The Morgan fingerprint density at radius 1 is 1.19 bits per heavy atom. The molecule has 1 saturated carbocycles. The van der Waals surface area contributed by atoms with E-state index in [1.807, 2.05) is 0 Å². The molecule has 0 radical (unpaired) electrons. The van der Waals surface area contributed by atoms with Gasteiger partial charge in [-0.15, -0.1) is 0 Å². The lowest BCUT2D eigenvalue weighted by Crippen LogP contribution is -2.67. The lowest BCUT2D eigenvalue weighted by atomic mass is 9.78. The first-order valence-electron chi connectivity index (χ1n) is 10.9. The average Bonchev–Trinajstić information content (AvgIpc) is 3.12. The highest BCUT2D eigenvalue weighted by atomic mass is 16.5. The van der Waals surface area contributed by atoms with Crippen molar-refractivity contribution in [1.29, 1.82) is 0 Å². The second-order valence-electron chi connectivity index (χ2n) is 8.94. The molecule has 1 aliphatic carbocycles. The summed E-state index contributed by atoms with van der Waals surface area (Å²) in [4.78, 5) is 54.0. The van der Waals surface area contributed by atoms with Crippen LogP contribution in [-0.2, 0) is 19.1 Å². The topological polar surface area (TPSA) is 96.0 Å². The van der Waals surface area contributed by atoms with Gasteiger partial charge in [0.05, 0.1) is 11.3 Å². The standard InChI is InChI=1S/C23H29N3O5/c1-14-7-6-9-17(15(14)2)24-19(27)13-31-22(30)23-12-11-20(28)26(23)18-10-5-4-8-16(18)21(29)25(23)3/h4-5,8,10,14-15,17H,6-7,9,11-13H2,1-3H3,(H,24,27)/t14-,15+,17+,23+/m0/s1. The number of anilines is 1. The summed E-state index contributed by atoms with van der Waals surface area (Å²) >= 11 is 0. The van der Waals surface area contributed by atoms with E-state index in [0.29, 0.717) is 23.1 Å². The quantitative estimate of drug-likeness (QED) is 0.743. The van der Waals surface area contributed by atoms with Crippen molar-refractivity contribution in [2.24, 2.45) is 11.8 Å². The molecule has 31 heavy (non-hydrogen) atoms. The number of hydrogen-bond acceptors (Lipinski definition) is 5. The summed E-state index contributed by atoms with van der Waals surface area (Å²) in [5.41, 5.74) is -0.795. The molecule has 8 nitrogen and oxygen atoms in total. The molecule has 1 aromatic carbocycles. The molecule has 0 spiro atoms. The molecule has 2 fully saturated rings. The first-order valence-corrected chi connectivity index (χ1v) is 10.9. The Kier molecular flexibility index (Phi) is 5.49. The first-order chi connectivity index (χ1) is 14.8. The van der Waals surface area contributed by atoms with E-state index in [1.54, 1.807) is 24.3 Å². The number of carbonyl (C=O) groups excluding carboxylic acids is 4. The predicted molar refractivity (Wildman–Crippen MR) is 113 cm³/mol. The number of amides is 3. The number of benzene rings is 1. The molecule has 1 saturated heterocycles. The van der Waals surface area contributed by atoms with E-state index in [9.17, 15) is 19.2 Å². The minimum absolute atomic E-state index is 0.0588. The van der Waals surface area contributed by atoms with Gasteiger partial charge in [-0.3, -0.25) is 19.3 Å². The third-order valence-corrected chi connectivity index (χ3v) is 7.26. The number of nitrogens with one attached hydrogen (secondary N) is 1. The fraction of sp³-hybridized carbons (Fsp3) is 0.565. The van der Waals surface area contributed by atoms with Crippen LogP contribution in [0.5, 0.6) is 0 Å². The van der Waals surface area contributed by atoms with Gasteiger partial charge in [0, 0.05) is 25.9 Å². The van der Waals surface area contributed by atoms with Crippen LogP contribution < -0.4 is 10.2 Å². The van der Waals surface area contributed by atoms with Crippen LogP contribution in [0.2, 0.25) is 0 Å². The summed E-state index contributed by atoms with van der Waals surface area (Å²) < 4.78 is 5.39. The fourth-order valence-electron chi connectivity index (χ4n) is 5.17. The molecular formula is C23H29N3O5. The number of nitrogens with zero attached hydrogens (tertiary/aromatic N) is 2. The van der Waals surface area contributed by atoms with E-state index >= 15 is 0 Å². The molecule has 3 aliphatic rings. The third-order valence-electron chi connectivity index (χ3n) is 7.26. The summed E-state index contributed by atoms with van der Waals surface area (Å²) in [6.45, 7) is 3.87. The molecule has 0 unspecified atom stereocenters. The summed E-state index contributed by atoms with van der Waals surface area (Å²) in [6.07, 6.45) is 3.36. The number of esters is 1. The maximum atomic E-state index is 13.2. The number of rotatable bonds is 4. The number of fused-ring (bicyclic) bond motifs is 3. The Balaban J connectivity index is 1.50. The van der Waals surface area contributed by atoms with Crippen molar-refractivity contribution in [3.8, 4) is 0 Å². The van der Waals surface area contributed by atoms with Gasteiger partial charge in [-0.2, -0.15) is 0 Å². The van der Waals surface area contributed by atoms with Crippen LogP contribution in [-0.4, -0.2) is 54.0 Å². The molecule has 166 valence electrons. The number of hydrogen-bond donors (Lipinski definition) is 1. The molecule has 3 amide bonds. The summed E-state index contributed by atoms with van der Waals surface area (Å²) in [5.74, 6) is -0.846. The Bertz CT molecular complexity index is 932. The smallest absolute Gasteiger partial charge is 0.354 e. The zero-order chi connectivity index (χ0) is 22.3. The Labute approximate surface area is 181 Å². The first kappa shape index (κ1) is 21.3. The minimum Gasteiger partial charge on any atom is -0.452 e. The van der Waals surface area contributed by atoms with E-state index in [1.165, 1.54) is 16.8 Å². The summed E-state index contributed by atoms with van der Waals surface area (Å²) in [6, 6.07) is 6.79. The van der Waals surface area contributed by atoms with Crippen LogP contribution >= 0.6 is 0 Å². The molecule has 8 heteroatoms. The summed E-state index contributed by atoms with van der Waals surface area (Å²) in [5, 5.41) is 2.98. The number of likely N-dealkylation sites (N-methyl/N-ethyl adjacent to an activating group) is 1. The van der Waals surface area contributed by atoms with Crippen LogP contribution in [0.15, 0.2) is 24.3 Å². The highest BCUT2D eigenvalue weighted by molar-refractivity contribution is 6.15. The molecule has 2 heterocycles. The SMILES string of the molecule is C[C@@H]1[C@@H](C)CCC[C@H]1NC(=O)COC(=O)[C@@]12CCC(=O)N1c1ccccc1C(=O)N2C. The number of carbonyl (C=O) groups is 4. The predicted octanol–water partition coefficient (Wildman–Crippen LogP) is 2.08. The van der Waals surface area contributed by atoms with Crippen LogP contribution in [0.4, 0.5) is 5.69 Å². The number of para-hydroxylation sites is 1. The average molecular weight is 428 g/mol. The molecule has 4 atom stereocenters. The zero-order valence-corrected chi connectivity index (χ0v) is 18.2. The van der Waals surface area contributed by atoms with E-state index in [4.69, 9.17) is 4.74 Å². The van der Waals surface area contributed by atoms with Gasteiger partial charge in [0.25, 0.3) is 11.8 Å². The van der Waals surface area contributed by atoms with E-state index in [0.717, 1.165) is 19.3 Å². The fourth-order valence-corrected chi connectivity index (χ4v) is 5.17. The van der Waals surface area contributed by atoms with Crippen molar-refractivity contribution in [1.82, 2.24) is 10.2 Å². The molecule has 1 aromatic rings. The molecule has 0 aromatic heterocycles. The van der Waals surface area contributed by atoms with E-state index in [-0.39, 0.29) is 36.6 Å².